The standard InChI is InChI=1S/C19H17F2N3O/c1-12(2)24-11-13(10-22-24)14-6-3-4-9-17(14)23-19(25)18-15(20)7-5-8-16(18)21/h3-12H,1-2H3,(H,23,25). The highest BCUT2D eigenvalue weighted by Crippen LogP contribution is 2.29. The minimum absolute atomic E-state index is 0.197. The van der Waals surface area contributed by atoms with Crippen LogP contribution in [0, 0.1) is 11.6 Å². The van der Waals surface area contributed by atoms with Crippen molar-refractivity contribution >= 4 is 11.6 Å². The zero-order valence-electron chi connectivity index (χ0n) is 13.8. The first-order chi connectivity index (χ1) is 12.0. The van der Waals surface area contributed by atoms with Gasteiger partial charge in [0, 0.05) is 29.1 Å². The highest BCUT2D eigenvalue weighted by molar-refractivity contribution is 6.06. The van der Waals surface area contributed by atoms with Crippen molar-refractivity contribution in [1.82, 2.24) is 9.78 Å². The van der Waals surface area contributed by atoms with E-state index in [1.807, 2.05) is 32.2 Å². The summed E-state index contributed by atoms with van der Waals surface area (Å²) in [6.07, 6.45) is 3.55. The van der Waals surface area contributed by atoms with Gasteiger partial charge in [0.15, 0.2) is 0 Å². The fourth-order valence-electron chi connectivity index (χ4n) is 2.50. The van der Waals surface area contributed by atoms with Crippen LogP contribution in [0.15, 0.2) is 54.9 Å². The number of hydrogen-bond donors (Lipinski definition) is 1. The lowest BCUT2D eigenvalue weighted by atomic mass is 10.1. The molecule has 0 saturated carbocycles. The number of nitrogens with zero attached hydrogens (tertiary/aromatic N) is 2. The second-order valence-corrected chi connectivity index (χ2v) is 5.90. The number of para-hydroxylation sites is 1. The van der Waals surface area contributed by atoms with Gasteiger partial charge in [0.2, 0.25) is 0 Å². The van der Waals surface area contributed by atoms with E-state index >= 15 is 0 Å². The lowest BCUT2D eigenvalue weighted by Gasteiger charge is -2.11. The summed E-state index contributed by atoms with van der Waals surface area (Å²) in [5, 5.41) is 6.87. The molecule has 1 N–H and O–H groups in total. The number of rotatable bonds is 4. The molecule has 0 saturated heterocycles. The van der Waals surface area contributed by atoms with E-state index in [4.69, 9.17) is 0 Å². The Labute approximate surface area is 144 Å². The predicted molar refractivity (Wildman–Crippen MR) is 92.4 cm³/mol. The van der Waals surface area contributed by atoms with Crippen molar-refractivity contribution in [2.75, 3.05) is 5.32 Å². The minimum atomic E-state index is -0.900. The summed E-state index contributed by atoms with van der Waals surface area (Å²) in [5.41, 5.74) is 1.38. The van der Waals surface area contributed by atoms with E-state index in [2.05, 4.69) is 10.4 Å². The van der Waals surface area contributed by atoms with Gasteiger partial charge in [0.1, 0.15) is 17.2 Å². The van der Waals surface area contributed by atoms with Gasteiger partial charge in [-0.05, 0) is 32.0 Å². The normalized spacial score (nSPS) is 10.9. The second-order valence-electron chi connectivity index (χ2n) is 5.90. The average molecular weight is 341 g/mol. The first-order valence-corrected chi connectivity index (χ1v) is 7.86. The van der Waals surface area contributed by atoms with E-state index in [-0.39, 0.29) is 6.04 Å². The number of anilines is 1. The number of amides is 1. The van der Waals surface area contributed by atoms with Gasteiger partial charge in [-0.3, -0.25) is 9.48 Å². The molecule has 0 bridgehead atoms. The molecule has 1 heterocycles. The molecule has 0 unspecified atom stereocenters. The highest BCUT2D eigenvalue weighted by Gasteiger charge is 2.18. The molecule has 3 aromatic rings. The monoisotopic (exact) mass is 341 g/mol. The molecule has 0 aliphatic heterocycles. The zero-order valence-corrected chi connectivity index (χ0v) is 13.8. The summed E-state index contributed by atoms with van der Waals surface area (Å²) in [4.78, 5) is 12.3. The largest absolute Gasteiger partial charge is 0.321 e. The van der Waals surface area contributed by atoms with Crippen molar-refractivity contribution in [1.29, 1.82) is 0 Å². The van der Waals surface area contributed by atoms with Crippen LogP contribution in [0.3, 0.4) is 0 Å². The van der Waals surface area contributed by atoms with Crippen LogP contribution in [0.1, 0.15) is 30.2 Å². The van der Waals surface area contributed by atoms with E-state index in [0.29, 0.717) is 5.69 Å². The Kier molecular flexibility index (Phi) is 4.61. The Bertz CT molecular complexity index is 898. The van der Waals surface area contributed by atoms with Gasteiger partial charge in [-0.25, -0.2) is 8.78 Å². The third-order valence-electron chi connectivity index (χ3n) is 3.81. The van der Waals surface area contributed by atoms with Crippen LogP contribution < -0.4 is 5.32 Å². The number of aromatic nitrogens is 2. The summed E-state index contributed by atoms with van der Waals surface area (Å²) >= 11 is 0. The molecule has 0 fully saturated rings. The lowest BCUT2D eigenvalue weighted by Crippen LogP contribution is -2.16. The molecule has 1 aromatic heterocycles. The van der Waals surface area contributed by atoms with Crippen LogP contribution in [0.25, 0.3) is 11.1 Å². The second kappa shape index (κ2) is 6.84. The Morgan fingerprint density at radius 3 is 2.40 bits per heavy atom. The van der Waals surface area contributed by atoms with Gasteiger partial charge in [-0.15, -0.1) is 0 Å². The van der Waals surface area contributed by atoms with Crippen LogP contribution in [0.2, 0.25) is 0 Å². The zero-order chi connectivity index (χ0) is 18.0. The van der Waals surface area contributed by atoms with E-state index in [9.17, 15) is 13.6 Å². The van der Waals surface area contributed by atoms with Crippen LogP contribution in [-0.4, -0.2) is 15.7 Å². The van der Waals surface area contributed by atoms with Crippen LogP contribution in [-0.2, 0) is 0 Å². The molecule has 128 valence electrons. The summed E-state index contributed by atoms with van der Waals surface area (Å²) in [5.74, 6) is -2.63. The number of carbonyl (C=O) groups excluding carboxylic acids is 1. The molecule has 0 aliphatic carbocycles. The molecular weight excluding hydrogens is 324 g/mol. The molecule has 25 heavy (non-hydrogen) atoms. The van der Waals surface area contributed by atoms with Crippen molar-refractivity contribution < 1.29 is 13.6 Å². The van der Waals surface area contributed by atoms with Crippen LogP contribution >= 0.6 is 0 Å². The van der Waals surface area contributed by atoms with Gasteiger partial charge in [0.05, 0.1) is 6.20 Å². The molecule has 2 aromatic carbocycles. The number of halogens is 2. The highest BCUT2D eigenvalue weighted by atomic mass is 19.1. The third kappa shape index (κ3) is 3.42. The Morgan fingerprint density at radius 2 is 1.76 bits per heavy atom. The molecule has 0 aliphatic rings. The maximum absolute atomic E-state index is 13.8. The Balaban J connectivity index is 1.95. The molecule has 4 nitrogen and oxygen atoms in total. The summed E-state index contributed by atoms with van der Waals surface area (Å²) in [6, 6.07) is 10.6. The fraction of sp³-hybridized carbons (Fsp3) is 0.158. The van der Waals surface area contributed by atoms with Crippen molar-refractivity contribution in [2.45, 2.75) is 19.9 Å². The van der Waals surface area contributed by atoms with Gasteiger partial charge in [-0.2, -0.15) is 5.10 Å². The van der Waals surface area contributed by atoms with Gasteiger partial charge in [-0.1, -0.05) is 24.3 Å². The van der Waals surface area contributed by atoms with Crippen LogP contribution in [0.5, 0.6) is 0 Å². The van der Waals surface area contributed by atoms with Gasteiger partial charge in [0.25, 0.3) is 5.91 Å². The molecule has 0 radical (unpaired) electrons. The molecule has 6 heteroatoms. The summed E-state index contributed by atoms with van der Waals surface area (Å²) in [7, 11) is 0. The minimum Gasteiger partial charge on any atom is -0.321 e. The van der Waals surface area contributed by atoms with E-state index in [1.165, 1.54) is 6.07 Å². The van der Waals surface area contributed by atoms with Crippen LogP contribution in [0.4, 0.5) is 14.5 Å². The van der Waals surface area contributed by atoms with E-state index in [1.54, 1.807) is 23.0 Å². The van der Waals surface area contributed by atoms with Crippen molar-refractivity contribution in [3.63, 3.8) is 0 Å². The SMILES string of the molecule is CC(C)n1cc(-c2ccccc2NC(=O)c2c(F)cccc2F)cn1. The quantitative estimate of drug-likeness (QED) is 0.750. The summed E-state index contributed by atoms with van der Waals surface area (Å²) < 4.78 is 29.4. The number of hydrogen-bond acceptors (Lipinski definition) is 2. The molecule has 3 rings (SSSR count). The topological polar surface area (TPSA) is 46.9 Å². The van der Waals surface area contributed by atoms with Crippen molar-refractivity contribution in [2.24, 2.45) is 0 Å². The van der Waals surface area contributed by atoms with Crippen molar-refractivity contribution in [3.05, 3.63) is 72.1 Å². The first kappa shape index (κ1) is 16.8. The smallest absolute Gasteiger partial charge is 0.261 e. The van der Waals surface area contributed by atoms with Gasteiger partial charge >= 0.3 is 0 Å². The molecular formula is C19H17F2N3O. The maximum atomic E-state index is 13.8. The predicted octanol–water partition coefficient (Wildman–Crippen LogP) is 4.66. The molecule has 1 amide bonds. The third-order valence-corrected chi connectivity index (χ3v) is 3.81. The Morgan fingerprint density at radius 1 is 1.08 bits per heavy atom. The molecule has 0 spiro atoms. The van der Waals surface area contributed by atoms with E-state index < -0.39 is 23.1 Å². The Hall–Kier alpha value is -3.02. The fourth-order valence-corrected chi connectivity index (χ4v) is 2.50. The van der Waals surface area contributed by atoms with Gasteiger partial charge < -0.3 is 5.32 Å². The van der Waals surface area contributed by atoms with E-state index in [0.717, 1.165) is 23.3 Å². The summed E-state index contributed by atoms with van der Waals surface area (Å²) in [6.45, 7) is 4.01. The molecule has 0 atom stereocenters. The van der Waals surface area contributed by atoms with Crippen molar-refractivity contribution in [3.8, 4) is 11.1 Å². The maximum Gasteiger partial charge on any atom is 0.261 e. The number of carbonyl (C=O) groups is 1. The number of nitrogens with one attached hydrogen (secondary N) is 1. The number of benzene rings is 2. The lowest BCUT2D eigenvalue weighted by molar-refractivity contribution is 0.101. The first-order valence-electron chi connectivity index (χ1n) is 7.86. The average Bonchev–Trinajstić information content (AvgIpc) is 3.05.